The zero-order valence-corrected chi connectivity index (χ0v) is 16.1. The number of non-ortho nitro benzene ring substituents is 1. The molecule has 9 heteroatoms. The third-order valence-corrected chi connectivity index (χ3v) is 4.19. The SMILES string of the molecule is COc1ccc(CCC(=O)OC(C)C(=O)Nc2ccc([N+](=O)[O-])cc2Cl)cc1. The molecule has 28 heavy (non-hydrogen) atoms. The Morgan fingerprint density at radius 3 is 2.46 bits per heavy atom. The van der Waals surface area contributed by atoms with E-state index >= 15 is 0 Å². The Kier molecular flexibility index (Phi) is 7.34. The fourth-order valence-electron chi connectivity index (χ4n) is 2.30. The van der Waals surface area contributed by atoms with Gasteiger partial charge in [0.15, 0.2) is 6.10 Å². The molecule has 0 aliphatic heterocycles. The smallest absolute Gasteiger partial charge is 0.306 e. The Balaban J connectivity index is 1.85. The van der Waals surface area contributed by atoms with Gasteiger partial charge in [-0.15, -0.1) is 0 Å². The highest BCUT2D eigenvalue weighted by Gasteiger charge is 2.19. The number of nitrogens with zero attached hydrogens (tertiary/aromatic N) is 1. The third kappa shape index (κ3) is 5.95. The van der Waals surface area contributed by atoms with Crippen LogP contribution in [0.3, 0.4) is 0 Å². The lowest BCUT2D eigenvalue weighted by Crippen LogP contribution is -2.30. The normalized spacial score (nSPS) is 11.4. The van der Waals surface area contributed by atoms with Gasteiger partial charge in [-0.1, -0.05) is 23.7 Å². The van der Waals surface area contributed by atoms with Crippen LogP contribution in [0, 0.1) is 10.1 Å². The van der Waals surface area contributed by atoms with E-state index in [9.17, 15) is 19.7 Å². The number of aryl methyl sites for hydroxylation is 1. The second kappa shape index (κ2) is 9.70. The maximum absolute atomic E-state index is 12.2. The highest BCUT2D eigenvalue weighted by atomic mass is 35.5. The molecule has 2 aromatic rings. The van der Waals surface area contributed by atoms with Crippen molar-refractivity contribution in [1.29, 1.82) is 0 Å². The van der Waals surface area contributed by atoms with Gasteiger partial charge in [0.1, 0.15) is 5.75 Å². The number of anilines is 1. The van der Waals surface area contributed by atoms with Crippen molar-refractivity contribution < 1.29 is 24.0 Å². The number of benzene rings is 2. The number of nitro groups is 1. The molecule has 1 unspecified atom stereocenters. The van der Waals surface area contributed by atoms with E-state index in [0.717, 1.165) is 17.4 Å². The van der Waals surface area contributed by atoms with Crippen LogP contribution in [0.5, 0.6) is 5.75 Å². The lowest BCUT2D eigenvalue weighted by atomic mass is 10.1. The second-order valence-electron chi connectivity index (χ2n) is 5.89. The van der Waals surface area contributed by atoms with Crippen molar-refractivity contribution >= 4 is 34.9 Å². The number of nitro benzene ring substituents is 1. The van der Waals surface area contributed by atoms with Crippen molar-refractivity contribution in [1.82, 2.24) is 0 Å². The van der Waals surface area contributed by atoms with Crippen LogP contribution in [-0.4, -0.2) is 30.0 Å². The molecule has 0 bridgehead atoms. The summed E-state index contributed by atoms with van der Waals surface area (Å²) >= 11 is 5.93. The van der Waals surface area contributed by atoms with Crippen molar-refractivity contribution in [3.05, 3.63) is 63.2 Å². The van der Waals surface area contributed by atoms with Gasteiger partial charge in [0.05, 0.1) is 22.7 Å². The summed E-state index contributed by atoms with van der Waals surface area (Å²) in [6, 6.07) is 10.9. The molecule has 0 fully saturated rings. The average Bonchev–Trinajstić information content (AvgIpc) is 2.68. The van der Waals surface area contributed by atoms with Gasteiger partial charge in [0, 0.05) is 18.6 Å². The van der Waals surface area contributed by atoms with E-state index in [1.165, 1.54) is 19.1 Å². The lowest BCUT2D eigenvalue weighted by Gasteiger charge is -2.14. The number of hydrogen-bond donors (Lipinski definition) is 1. The number of nitrogens with one attached hydrogen (secondary N) is 1. The maximum atomic E-state index is 12.2. The topological polar surface area (TPSA) is 108 Å². The van der Waals surface area contributed by atoms with Gasteiger partial charge in [0.2, 0.25) is 0 Å². The van der Waals surface area contributed by atoms with Gasteiger partial charge in [-0.25, -0.2) is 0 Å². The van der Waals surface area contributed by atoms with Crippen molar-refractivity contribution in [3.8, 4) is 5.75 Å². The Labute approximate surface area is 166 Å². The first-order chi connectivity index (χ1) is 13.3. The minimum atomic E-state index is -1.05. The Morgan fingerprint density at radius 2 is 1.89 bits per heavy atom. The predicted octanol–water partition coefficient (Wildman–Crippen LogP) is 3.76. The Hall–Kier alpha value is -3.13. The van der Waals surface area contributed by atoms with Crippen LogP contribution in [0.4, 0.5) is 11.4 Å². The first-order valence-corrected chi connectivity index (χ1v) is 8.75. The second-order valence-corrected chi connectivity index (χ2v) is 6.30. The van der Waals surface area contributed by atoms with E-state index in [1.54, 1.807) is 19.2 Å². The van der Waals surface area contributed by atoms with Gasteiger partial charge in [0.25, 0.3) is 11.6 Å². The van der Waals surface area contributed by atoms with E-state index in [1.807, 2.05) is 12.1 Å². The van der Waals surface area contributed by atoms with E-state index in [0.29, 0.717) is 6.42 Å². The summed E-state index contributed by atoms with van der Waals surface area (Å²) in [6.07, 6.45) is -0.470. The predicted molar refractivity (Wildman–Crippen MR) is 104 cm³/mol. The fraction of sp³-hybridized carbons (Fsp3) is 0.263. The first kappa shape index (κ1) is 21.2. The summed E-state index contributed by atoms with van der Waals surface area (Å²) in [4.78, 5) is 34.2. The van der Waals surface area contributed by atoms with E-state index in [4.69, 9.17) is 21.1 Å². The number of carbonyl (C=O) groups excluding carboxylic acids is 2. The van der Waals surface area contributed by atoms with Crippen LogP contribution in [0.1, 0.15) is 18.9 Å². The van der Waals surface area contributed by atoms with Gasteiger partial charge < -0.3 is 14.8 Å². The molecule has 0 aliphatic rings. The molecule has 2 rings (SSSR count). The van der Waals surface area contributed by atoms with Crippen molar-refractivity contribution in [2.24, 2.45) is 0 Å². The van der Waals surface area contributed by atoms with Gasteiger partial charge in [-0.05, 0) is 37.1 Å². The minimum absolute atomic E-state index is 0.0144. The molecule has 0 radical (unpaired) electrons. The average molecular weight is 407 g/mol. The molecule has 0 aliphatic carbocycles. The number of methoxy groups -OCH3 is 1. The third-order valence-electron chi connectivity index (χ3n) is 3.88. The number of carbonyl (C=O) groups is 2. The lowest BCUT2D eigenvalue weighted by molar-refractivity contribution is -0.384. The molecular formula is C19H19ClN2O6. The molecule has 0 spiro atoms. The molecule has 0 saturated heterocycles. The number of rotatable bonds is 8. The Morgan fingerprint density at radius 1 is 1.21 bits per heavy atom. The van der Waals surface area contributed by atoms with Gasteiger partial charge >= 0.3 is 5.97 Å². The number of ether oxygens (including phenoxy) is 2. The first-order valence-electron chi connectivity index (χ1n) is 8.37. The summed E-state index contributed by atoms with van der Waals surface area (Å²) in [6.45, 7) is 1.43. The van der Waals surface area contributed by atoms with Crippen LogP contribution < -0.4 is 10.1 Å². The summed E-state index contributed by atoms with van der Waals surface area (Å²) in [7, 11) is 1.57. The minimum Gasteiger partial charge on any atom is -0.497 e. The highest BCUT2D eigenvalue weighted by Crippen LogP contribution is 2.26. The Bertz CT molecular complexity index is 869. The zero-order chi connectivity index (χ0) is 20.7. The highest BCUT2D eigenvalue weighted by molar-refractivity contribution is 6.34. The van der Waals surface area contributed by atoms with Crippen molar-refractivity contribution in [2.45, 2.75) is 25.9 Å². The molecule has 0 saturated carbocycles. The van der Waals surface area contributed by atoms with Crippen LogP contribution >= 0.6 is 11.6 Å². The molecule has 1 amide bonds. The maximum Gasteiger partial charge on any atom is 0.306 e. The molecule has 1 N–H and O–H groups in total. The number of halogens is 1. The quantitative estimate of drug-likeness (QED) is 0.406. The van der Waals surface area contributed by atoms with Crippen LogP contribution in [-0.2, 0) is 20.7 Å². The summed E-state index contributed by atoms with van der Waals surface area (Å²) < 4.78 is 10.2. The van der Waals surface area contributed by atoms with Gasteiger partial charge in [-0.2, -0.15) is 0 Å². The zero-order valence-electron chi connectivity index (χ0n) is 15.3. The molecular weight excluding hydrogens is 388 g/mol. The molecule has 2 aromatic carbocycles. The van der Waals surface area contributed by atoms with E-state index in [2.05, 4.69) is 5.32 Å². The number of amides is 1. The molecule has 8 nitrogen and oxygen atoms in total. The molecule has 1 atom stereocenters. The van der Waals surface area contributed by atoms with Crippen LogP contribution in [0.25, 0.3) is 0 Å². The number of hydrogen-bond acceptors (Lipinski definition) is 6. The standard InChI is InChI=1S/C19H19ClN2O6/c1-12(19(24)21-17-9-6-14(22(25)26)11-16(17)20)28-18(23)10-5-13-3-7-15(27-2)8-4-13/h3-4,6-9,11-12H,5,10H2,1-2H3,(H,21,24). The van der Waals surface area contributed by atoms with E-state index < -0.39 is 22.9 Å². The van der Waals surface area contributed by atoms with Crippen LogP contribution in [0.2, 0.25) is 5.02 Å². The monoisotopic (exact) mass is 406 g/mol. The molecule has 0 heterocycles. The van der Waals surface area contributed by atoms with Crippen molar-refractivity contribution in [2.75, 3.05) is 12.4 Å². The largest absolute Gasteiger partial charge is 0.497 e. The molecule has 0 aromatic heterocycles. The number of esters is 1. The van der Waals surface area contributed by atoms with Gasteiger partial charge in [-0.3, -0.25) is 19.7 Å². The van der Waals surface area contributed by atoms with Crippen molar-refractivity contribution in [3.63, 3.8) is 0 Å². The summed E-state index contributed by atoms with van der Waals surface area (Å²) in [5, 5.41) is 13.2. The van der Waals surface area contributed by atoms with E-state index in [-0.39, 0.29) is 22.8 Å². The summed E-state index contributed by atoms with van der Waals surface area (Å²) in [5.41, 5.74) is 0.937. The van der Waals surface area contributed by atoms with Crippen LogP contribution in [0.15, 0.2) is 42.5 Å². The summed E-state index contributed by atoms with van der Waals surface area (Å²) in [5.74, 6) is -0.386. The molecule has 148 valence electrons. The fourth-order valence-corrected chi connectivity index (χ4v) is 2.52.